The average Bonchev–Trinajstić information content (AvgIpc) is 3.05. The molecule has 1 aliphatic carbocycles. The fourth-order valence-electron chi connectivity index (χ4n) is 3.12. The lowest BCUT2D eigenvalue weighted by Crippen LogP contribution is -2.23. The Labute approximate surface area is 140 Å². The van der Waals surface area contributed by atoms with Gasteiger partial charge in [-0.3, -0.25) is 4.79 Å². The van der Waals surface area contributed by atoms with E-state index in [0.29, 0.717) is 34.9 Å². The van der Waals surface area contributed by atoms with Crippen LogP contribution in [0.5, 0.6) is 5.75 Å². The maximum atomic E-state index is 12.7. The summed E-state index contributed by atoms with van der Waals surface area (Å²) in [6.45, 7) is 2.47. The topological polar surface area (TPSA) is 57.0 Å². The maximum absolute atomic E-state index is 12.7. The van der Waals surface area contributed by atoms with Crippen LogP contribution in [0.25, 0.3) is 17.1 Å². The molecule has 2 aromatic rings. The molecule has 0 saturated heterocycles. The van der Waals surface area contributed by atoms with Gasteiger partial charge in [-0.25, -0.2) is 9.97 Å². The smallest absolute Gasteiger partial charge is 0.293 e. The third kappa shape index (κ3) is 3.11. The van der Waals surface area contributed by atoms with Gasteiger partial charge in [0.05, 0.1) is 23.9 Å². The number of pyridine rings is 1. The summed E-state index contributed by atoms with van der Waals surface area (Å²) < 4.78 is 7.46. The van der Waals surface area contributed by atoms with Gasteiger partial charge < -0.3 is 9.30 Å². The van der Waals surface area contributed by atoms with Gasteiger partial charge in [-0.1, -0.05) is 25.0 Å². The molecule has 1 fully saturated rings. The first-order valence-corrected chi connectivity index (χ1v) is 8.30. The lowest BCUT2D eigenvalue weighted by molar-refractivity contribution is 0.248. The Balaban J connectivity index is 2.12. The Morgan fingerprint density at radius 3 is 2.87 bits per heavy atom. The predicted molar refractivity (Wildman–Crippen MR) is 92.0 cm³/mol. The first kappa shape index (κ1) is 16.0. The summed E-state index contributed by atoms with van der Waals surface area (Å²) in [6, 6.07) is 0. The first-order valence-electron chi connectivity index (χ1n) is 7.92. The second kappa shape index (κ2) is 6.71. The van der Waals surface area contributed by atoms with Crippen molar-refractivity contribution in [3.05, 3.63) is 33.5 Å². The van der Waals surface area contributed by atoms with Gasteiger partial charge in [0.15, 0.2) is 5.75 Å². The number of hydrogen-bond donors (Lipinski definition) is 0. The maximum Gasteiger partial charge on any atom is 0.293 e. The largest absolute Gasteiger partial charge is 0.487 e. The Kier molecular flexibility index (Phi) is 4.66. The van der Waals surface area contributed by atoms with Crippen LogP contribution >= 0.6 is 11.6 Å². The van der Waals surface area contributed by atoms with E-state index in [4.69, 9.17) is 16.3 Å². The molecule has 0 aliphatic heterocycles. The highest BCUT2D eigenvalue weighted by atomic mass is 35.5. The summed E-state index contributed by atoms with van der Waals surface area (Å²) in [6.07, 6.45) is 10.1. The normalized spacial score (nSPS) is 15.8. The molecule has 5 nitrogen and oxygen atoms in total. The third-order valence-corrected chi connectivity index (χ3v) is 4.55. The van der Waals surface area contributed by atoms with Crippen LogP contribution in [0.2, 0.25) is 5.28 Å². The molecule has 2 aromatic heterocycles. The molecule has 0 aromatic carbocycles. The molecule has 0 bridgehead atoms. The van der Waals surface area contributed by atoms with Gasteiger partial charge in [-0.2, -0.15) is 0 Å². The molecule has 0 amide bonds. The van der Waals surface area contributed by atoms with E-state index < -0.39 is 0 Å². The molecule has 0 radical (unpaired) electrons. The zero-order valence-electron chi connectivity index (χ0n) is 13.4. The van der Waals surface area contributed by atoms with Gasteiger partial charge in [0, 0.05) is 7.05 Å². The van der Waals surface area contributed by atoms with Crippen molar-refractivity contribution in [2.75, 3.05) is 6.61 Å². The van der Waals surface area contributed by atoms with Crippen LogP contribution in [0.15, 0.2) is 17.1 Å². The predicted octanol–water partition coefficient (Wildman–Crippen LogP) is 3.58. The minimum atomic E-state index is -0.172. The number of nitrogens with zero attached hydrogens (tertiary/aromatic N) is 3. The van der Waals surface area contributed by atoms with E-state index in [1.54, 1.807) is 13.2 Å². The monoisotopic (exact) mass is 333 g/mol. The molecule has 0 spiro atoms. The second-order valence-electron chi connectivity index (χ2n) is 5.94. The molecule has 0 atom stereocenters. The van der Waals surface area contributed by atoms with E-state index >= 15 is 0 Å². The van der Waals surface area contributed by atoms with Crippen LogP contribution in [0, 0.1) is 5.92 Å². The van der Waals surface area contributed by atoms with Gasteiger partial charge in [-0.05, 0) is 37.3 Å². The van der Waals surface area contributed by atoms with Crippen molar-refractivity contribution in [3.8, 4) is 5.75 Å². The summed E-state index contributed by atoms with van der Waals surface area (Å²) in [7, 11) is 1.70. The quantitative estimate of drug-likeness (QED) is 0.802. The Morgan fingerprint density at radius 1 is 1.43 bits per heavy atom. The molecule has 1 saturated carbocycles. The number of aromatic nitrogens is 3. The van der Waals surface area contributed by atoms with Gasteiger partial charge in [0.2, 0.25) is 5.28 Å². The molecule has 0 N–H and O–H groups in total. The van der Waals surface area contributed by atoms with Crippen molar-refractivity contribution in [1.29, 1.82) is 0 Å². The zero-order valence-corrected chi connectivity index (χ0v) is 14.1. The van der Waals surface area contributed by atoms with Crippen molar-refractivity contribution in [1.82, 2.24) is 14.5 Å². The number of aryl methyl sites for hydroxylation is 1. The molecule has 122 valence electrons. The summed E-state index contributed by atoms with van der Waals surface area (Å²) in [5.41, 5.74) is 1.77. The Hall–Kier alpha value is -1.88. The third-order valence-electron chi connectivity index (χ3n) is 4.37. The van der Waals surface area contributed by atoms with Crippen molar-refractivity contribution in [3.63, 3.8) is 0 Å². The van der Waals surface area contributed by atoms with Crippen LogP contribution < -0.4 is 10.3 Å². The lowest BCUT2D eigenvalue weighted by atomic mass is 10.1. The van der Waals surface area contributed by atoms with Crippen LogP contribution in [-0.2, 0) is 7.05 Å². The van der Waals surface area contributed by atoms with Crippen molar-refractivity contribution in [2.45, 2.75) is 32.6 Å². The highest BCUT2D eigenvalue weighted by Gasteiger charge is 2.20. The minimum absolute atomic E-state index is 0.156. The van der Waals surface area contributed by atoms with E-state index in [1.807, 2.05) is 19.1 Å². The van der Waals surface area contributed by atoms with E-state index in [-0.39, 0.29) is 10.8 Å². The Bertz CT molecular complexity index is 808. The van der Waals surface area contributed by atoms with Crippen molar-refractivity contribution >= 4 is 28.7 Å². The van der Waals surface area contributed by atoms with Crippen molar-refractivity contribution < 1.29 is 4.74 Å². The van der Waals surface area contributed by atoms with E-state index in [0.717, 1.165) is 0 Å². The number of allylic oxidation sites excluding steroid dienone is 1. The molecule has 3 rings (SSSR count). The zero-order chi connectivity index (χ0) is 16.4. The summed E-state index contributed by atoms with van der Waals surface area (Å²) in [5, 5.41) is 0.156. The standard InChI is InChI=1S/C17H20ClN3O2/c1-3-6-12-14-13(9-19-17(18)20-14)21(2)16(22)15(12)23-10-11-7-4-5-8-11/h3,6,9,11H,4-5,7-8,10H2,1-2H3. The van der Waals surface area contributed by atoms with Crippen LogP contribution in [0.1, 0.15) is 38.2 Å². The number of rotatable bonds is 4. The molecule has 23 heavy (non-hydrogen) atoms. The van der Waals surface area contributed by atoms with E-state index in [1.165, 1.54) is 30.3 Å². The van der Waals surface area contributed by atoms with Gasteiger partial charge in [-0.15, -0.1) is 0 Å². The fraction of sp³-hybridized carbons (Fsp3) is 0.471. The van der Waals surface area contributed by atoms with Crippen LogP contribution in [0.4, 0.5) is 0 Å². The molecular formula is C17H20ClN3O2. The average molecular weight is 334 g/mol. The van der Waals surface area contributed by atoms with E-state index in [9.17, 15) is 4.79 Å². The minimum Gasteiger partial charge on any atom is -0.487 e. The summed E-state index contributed by atoms with van der Waals surface area (Å²) in [4.78, 5) is 21.0. The number of ether oxygens (including phenoxy) is 1. The van der Waals surface area contributed by atoms with Gasteiger partial charge >= 0.3 is 0 Å². The molecule has 2 heterocycles. The number of hydrogen-bond acceptors (Lipinski definition) is 4. The molecule has 1 aliphatic rings. The van der Waals surface area contributed by atoms with Gasteiger partial charge in [0.25, 0.3) is 5.56 Å². The molecule has 0 unspecified atom stereocenters. The second-order valence-corrected chi connectivity index (χ2v) is 6.28. The summed E-state index contributed by atoms with van der Waals surface area (Å²) in [5.74, 6) is 0.877. The molecular weight excluding hydrogens is 314 g/mol. The molecule has 6 heteroatoms. The number of halogens is 1. The first-order chi connectivity index (χ1) is 11.1. The number of fused-ring (bicyclic) bond motifs is 1. The van der Waals surface area contributed by atoms with Crippen LogP contribution in [-0.4, -0.2) is 21.1 Å². The highest BCUT2D eigenvalue weighted by Crippen LogP contribution is 2.28. The van der Waals surface area contributed by atoms with E-state index in [2.05, 4.69) is 9.97 Å². The van der Waals surface area contributed by atoms with Gasteiger partial charge in [0.1, 0.15) is 5.52 Å². The fourth-order valence-corrected chi connectivity index (χ4v) is 3.25. The van der Waals surface area contributed by atoms with Crippen LogP contribution in [0.3, 0.4) is 0 Å². The summed E-state index contributed by atoms with van der Waals surface area (Å²) >= 11 is 5.94. The highest BCUT2D eigenvalue weighted by molar-refractivity contribution is 6.28. The van der Waals surface area contributed by atoms with Crippen molar-refractivity contribution in [2.24, 2.45) is 13.0 Å². The Morgan fingerprint density at radius 2 is 2.17 bits per heavy atom. The lowest BCUT2D eigenvalue weighted by Gasteiger charge is -2.16. The SMILES string of the molecule is CC=Cc1c(OCC2CCCC2)c(=O)n(C)c2cnc(Cl)nc12.